The van der Waals surface area contributed by atoms with Crippen LogP contribution in [0.15, 0.2) is 22.7 Å². The summed E-state index contributed by atoms with van der Waals surface area (Å²) in [6.07, 6.45) is 0.655. The lowest BCUT2D eigenvalue weighted by Crippen LogP contribution is -2.36. The zero-order valence-corrected chi connectivity index (χ0v) is 12.5. The smallest absolute Gasteiger partial charge is 0.241 e. The Morgan fingerprint density at radius 1 is 1.50 bits per heavy atom. The number of amides is 1. The van der Waals surface area contributed by atoms with Crippen LogP contribution < -0.4 is 15.8 Å². The van der Waals surface area contributed by atoms with Crippen molar-refractivity contribution in [3.05, 3.63) is 22.7 Å². The van der Waals surface area contributed by atoms with Crippen LogP contribution >= 0.6 is 15.9 Å². The van der Waals surface area contributed by atoms with E-state index < -0.39 is 6.04 Å². The highest BCUT2D eigenvalue weighted by molar-refractivity contribution is 9.10. The maximum absolute atomic E-state index is 11.9. The normalized spacial score (nSPS) is 12.3. The van der Waals surface area contributed by atoms with E-state index in [1.165, 1.54) is 0 Å². The number of hydrogen-bond donors (Lipinski definition) is 2. The third-order valence-corrected chi connectivity index (χ3v) is 2.97. The number of anilines is 1. The van der Waals surface area contributed by atoms with Gasteiger partial charge in [-0.25, -0.2) is 0 Å². The molecule has 0 aliphatic heterocycles. The van der Waals surface area contributed by atoms with Gasteiger partial charge in [0.15, 0.2) is 0 Å². The Balaban J connectivity index is 2.77. The molecule has 1 atom stereocenters. The number of carbonyl (C=O) groups is 1. The fraction of sp³-hybridized carbons (Fsp3) is 0.462. The van der Waals surface area contributed by atoms with E-state index in [2.05, 4.69) is 21.2 Å². The van der Waals surface area contributed by atoms with E-state index in [0.717, 1.165) is 4.47 Å². The summed E-state index contributed by atoms with van der Waals surface area (Å²) >= 11 is 3.35. The highest BCUT2D eigenvalue weighted by Crippen LogP contribution is 2.28. The van der Waals surface area contributed by atoms with Crippen LogP contribution in [-0.2, 0) is 4.79 Å². The van der Waals surface area contributed by atoms with Crippen molar-refractivity contribution in [3.63, 3.8) is 0 Å². The first-order chi connectivity index (χ1) is 8.43. The lowest BCUT2D eigenvalue weighted by atomic mass is 10.0. The molecule has 5 heteroatoms. The van der Waals surface area contributed by atoms with Gasteiger partial charge in [-0.05, 0) is 30.5 Å². The second kappa shape index (κ2) is 6.75. The number of carbonyl (C=O) groups excluding carboxylic acids is 1. The molecule has 0 bridgehead atoms. The van der Waals surface area contributed by atoms with Crippen molar-refractivity contribution in [1.82, 2.24) is 0 Å². The average Bonchev–Trinajstić information content (AvgIpc) is 2.28. The fourth-order valence-electron chi connectivity index (χ4n) is 1.62. The van der Waals surface area contributed by atoms with Crippen molar-refractivity contribution in [2.75, 3.05) is 12.4 Å². The minimum atomic E-state index is -0.506. The minimum Gasteiger partial charge on any atom is -0.495 e. The van der Waals surface area contributed by atoms with E-state index in [-0.39, 0.29) is 5.91 Å². The standard InChI is InChI=1S/C13H19BrN2O2/c1-8(2)6-10(15)13(17)16-11-7-9(14)4-5-12(11)18-3/h4-5,7-8,10H,6,15H2,1-3H3,(H,16,17). The van der Waals surface area contributed by atoms with Crippen molar-refractivity contribution in [3.8, 4) is 5.75 Å². The Labute approximate surface area is 116 Å². The predicted molar refractivity (Wildman–Crippen MR) is 76.8 cm³/mol. The molecule has 0 heterocycles. The van der Waals surface area contributed by atoms with Crippen LogP contribution in [0, 0.1) is 5.92 Å². The molecule has 0 spiro atoms. The van der Waals surface area contributed by atoms with Gasteiger partial charge in [-0.3, -0.25) is 4.79 Å². The zero-order chi connectivity index (χ0) is 13.7. The van der Waals surface area contributed by atoms with Gasteiger partial charge in [-0.2, -0.15) is 0 Å². The van der Waals surface area contributed by atoms with Crippen molar-refractivity contribution in [2.45, 2.75) is 26.3 Å². The number of rotatable bonds is 5. The summed E-state index contributed by atoms with van der Waals surface area (Å²) in [5.74, 6) is 0.804. The number of hydrogen-bond acceptors (Lipinski definition) is 3. The largest absolute Gasteiger partial charge is 0.495 e. The van der Waals surface area contributed by atoms with Crippen LogP contribution in [0.5, 0.6) is 5.75 Å². The van der Waals surface area contributed by atoms with Crippen LogP contribution in [-0.4, -0.2) is 19.1 Å². The second-order valence-corrected chi connectivity index (χ2v) is 5.49. The molecular weight excluding hydrogens is 296 g/mol. The van der Waals surface area contributed by atoms with E-state index >= 15 is 0 Å². The Morgan fingerprint density at radius 2 is 2.17 bits per heavy atom. The molecule has 0 fully saturated rings. The molecule has 0 saturated heterocycles. The highest BCUT2D eigenvalue weighted by Gasteiger charge is 2.16. The SMILES string of the molecule is COc1ccc(Br)cc1NC(=O)C(N)CC(C)C. The number of methoxy groups -OCH3 is 1. The Morgan fingerprint density at radius 3 is 2.72 bits per heavy atom. The summed E-state index contributed by atoms with van der Waals surface area (Å²) < 4.78 is 6.06. The number of nitrogens with two attached hydrogens (primary N) is 1. The molecule has 1 rings (SSSR count). The van der Waals surface area contributed by atoms with Crippen molar-refractivity contribution in [2.24, 2.45) is 11.7 Å². The fourth-order valence-corrected chi connectivity index (χ4v) is 1.98. The summed E-state index contributed by atoms with van der Waals surface area (Å²) in [4.78, 5) is 11.9. The maximum Gasteiger partial charge on any atom is 0.241 e. The lowest BCUT2D eigenvalue weighted by molar-refractivity contribution is -0.117. The average molecular weight is 315 g/mol. The summed E-state index contributed by atoms with van der Waals surface area (Å²) in [6, 6.07) is 4.92. The zero-order valence-electron chi connectivity index (χ0n) is 10.9. The molecule has 0 aliphatic carbocycles. The topological polar surface area (TPSA) is 64.3 Å². The van der Waals surface area contributed by atoms with E-state index in [1.807, 2.05) is 19.9 Å². The number of nitrogens with one attached hydrogen (secondary N) is 1. The third-order valence-electron chi connectivity index (χ3n) is 2.48. The predicted octanol–water partition coefficient (Wildman–Crippen LogP) is 2.77. The molecule has 1 aromatic carbocycles. The van der Waals surface area contributed by atoms with Gasteiger partial charge in [0.25, 0.3) is 0 Å². The molecule has 0 radical (unpaired) electrons. The molecule has 0 aromatic heterocycles. The van der Waals surface area contributed by atoms with Gasteiger partial charge in [0.05, 0.1) is 18.8 Å². The van der Waals surface area contributed by atoms with E-state index in [9.17, 15) is 4.79 Å². The van der Waals surface area contributed by atoms with Gasteiger partial charge in [-0.1, -0.05) is 29.8 Å². The molecule has 18 heavy (non-hydrogen) atoms. The van der Waals surface area contributed by atoms with Gasteiger partial charge in [0.2, 0.25) is 5.91 Å². The maximum atomic E-state index is 11.9. The number of ether oxygens (including phenoxy) is 1. The summed E-state index contributed by atoms with van der Waals surface area (Å²) in [5, 5.41) is 2.79. The molecule has 100 valence electrons. The van der Waals surface area contributed by atoms with Crippen molar-refractivity contribution in [1.29, 1.82) is 0 Å². The van der Waals surface area contributed by atoms with Gasteiger partial charge in [0, 0.05) is 4.47 Å². The van der Waals surface area contributed by atoms with Crippen LogP contribution in [0.4, 0.5) is 5.69 Å². The molecule has 3 N–H and O–H groups in total. The molecule has 1 amide bonds. The van der Waals surface area contributed by atoms with E-state index in [1.54, 1.807) is 19.2 Å². The summed E-state index contributed by atoms with van der Waals surface area (Å²) in [6.45, 7) is 4.07. The van der Waals surface area contributed by atoms with Crippen LogP contribution in [0.1, 0.15) is 20.3 Å². The quantitative estimate of drug-likeness (QED) is 0.878. The lowest BCUT2D eigenvalue weighted by Gasteiger charge is -2.16. The molecule has 1 aromatic rings. The summed E-state index contributed by atoms with van der Waals surface area (Å²) in [7, 11) is 1.56. The first-order valence-electron chi connectivity index (χ1n) is 5.84. The Hall–Kier alpha value is -1.07. The molecule has 4 nitrogen and oxygen atoms in total. The van der Waals surface area contributed by atoms with Gasteiger partial charge in [-0.15, -0.1) is 0 Å². The third kappa shape index (κ3) is 4.31. The summed E-state index contributed by atoms with van der Waals surface area (Å²) in [5.41, 5.74) is 6.45. The minimum absolute atomic E-state index is 0.194. The number of halogens is 1. The molecular formula is C13H19BrN2O2. The first kappa shape index (κ1) is 15.0. The Bertz CT molecular complexity index is 421. The van der Waals surface area contributed by atoms with Crippen molar-refractivity contribution >= 4 is 27.5 Å². The van der Waals surface area contributed by atoms with E-state index in [4.69, 9.17) is 10.5 Å². The number of benzene rings is 1. The van der Waals surface area contributed by atoms with E-state index in [0.29, 0.717) is 23.8 Å². The van der Waals surface area contributed by atoms with Gasteiger partial charge < -0.3 is 15.8 Å². The first-order valence-corrected chi connectivity index (χ1v) is 6.63. The monoisotopic (exact) mass is 314 g/mol. The van der Waals surface area contributed by atoms with Crippen LogP contribution in [0.3, 0.4) is 0 Å². The Kier molecular flexibility index (Phi) is 5.62. The van der Waals surface area contributed by atoms with Crippen LogP contribution in [0.25, 0.3) is 0 Å². The van der Waals surface area contributed by atoms with Crippen LogP contribution in [0.2, 0.25) is 0 Å². The second-order valence-electron chi connectivity index (χ2n) is 4.57. The highest BCUT2D eigenvalue weighted by atomic mass is 79.9. The van der Waals surface area contributed by atoms with Gasteiger partial charge >= 0.3 is 0 Å². The molecule has 1 unspecified atom stereocenters. The van der Waals surface area contributed by atoms with Gasteiger partial charge in [0.1, 0.15) is 5.75 Å². The molecule has 0 saturated carbocycles. The molecule has 0 aliphatic rings. The van der Waals surface area contributed by atoms with Crippen molar-refractivity contribution < 1.29 is 9.53 Å².